The van der Waals surface area contributed by atoms with Crippen molar-refractivity contribution in [1.29, 1.82) is 0 Å². The van der Waals surface area contributed by atoms with Crippen molar-refractivity contribution in [1.82, 2.24) is 9.88 Å². The first-order valence-electron chi connectivity index (χ1n) is 12.9. The first-order valence-corrected chi connectivity index (χ1v) is 13.7. The Balaban J connectivity index is 1.38. The van der Waals surface area contributed by atoms with Gasteiger partial charge in [0.05, 0.1) is 11.6 Å². The summed E-state index contributed by atoms with van der Waals surface area (Å²) in [5.41, 5.74) is 7.58. The molecule has 5 aromatic rings. The van der Waals surface area contributed by atoms with Crippen molar-refractivity contribution in [2.45, 2.75) is 33.4 Å². The second kappa shape index (κ2) is 11.2. The molecule has 0 spiro atoms. The van der Waals surface area contributed by atoms with E-state index in [1.165, 1.54) is 0 Å². The van der Waals surface area contributed by atoms with E-state index in [9.17, 15) is 14.7 Å². The first kappa shape index (κ1) is 27.5. The molecule has 1 atom stereocenters. The molecule has 0 aliphatic carbocycles. The van der Waals surface area contributed by atoms with Crippen LogP contribution in [0, 0.1) is 13.8 Å². The summed E-state index contributed by atoms with van der Waals surface area (Å²) in [7, 11) is 0. The third kappa shape index (κ3) is 5.35. The van der Waals surface area contributed by atoms with Gasteiger partial charge in [0.1, 0.15) is 0 Å². The molecule has 0 aliphatic heterocycles. The van der Waals surface area contributed by atoms with Crippen molar-refractivity contribution >= 4 is 46.0 Å². The van der Waals surface area contributed by atoms with Gasteiger partial charge in [0.2, 0.25) is 0 Å². The summed E-state index contributed by atoms with van der Waals surface area (Å²) >= 11 is 12.4. The first-order chi connectivity index (χ1) is 19.1. The summed E-state index contributed by atoms with van der Waals surface area (Å²) in [6, 6.07) is 25.7. The van der Waals surface area contributed by atoms with E-state index < -0.39 is 5.97 Å². The van der Waals surface area contributed by atoms with Gasteiger partial charge in [-0.1, -0.05) is 71.7 Å². The Hall–Kier alpha value is -4.06. The number of carbonyl (C=O) groups excluding carboxylic acids is 1. The van der Waals surface area contributed by atoms with E-state index in [0.29, 0.717) is 27.7 Å². The molecule has 0 bridgehead atoms. The number of aromatic nitrogens is 1. The maximum atomic E-state index is 13.1. The molecule has 1 heterocycles. The molecular weight excluding hydrogens is 543 g/mol. The average molecular weight is 572 g/mol. The lowest BCUT2D eigenvalue weighted by Gasteiger charge is -2.16. The number of aryl methyl sites for hydroxylation is 1. The van der Waals surface area contributed by atoms with Gasteiger partial charge in [0.15, 0.2) is 0 Å². The fourth-order valence-electron chi connectivity index (χ4n) is 5.10. The van der Waals surface area contributed by atoms with Crippen molar-refractivity contribution < 1.29 is 14.7 Å². The number of carbonyl (C=O) groups is 2. The van der Waals surface area contributed by atoms with Crippen LogP contribution in [0.5, 0.6) is 0 Å². The summed E-state index contributed by atoms with van der Waals surface area (Å²) in [6.45, 7) is 6.69. The highest BCUT2D eigenvalue weighted by molar-refractivity contribution is 6.35. The van der Waals surface area contributed by atoms with Crippen molar-refractivity contribution in [2.24, 2.45) is 0 Å². The van der Waals surface area contributed by atoms with E-state index in [1.54, 1.807) is 24.3 Å². The number of rotatable bonds is 7. The molecule has 4 aromatic carbocycles. The van der Waals surface area contributed by atoms with Crippen LogP contribution in [0.2, 0.25) is 10.0 Å². The van der Waals surface area contributed by atoms with E-state index >= 15 is 0 Å². The third-order valence-electron chi connectivity index (χ3n) is 7.44. The average Bonchev–Trinajstić information content (AvgIpc) is 3.17. The molecule has 7 heteroatoms. The monoisotopic (exact) mass is 570 g/mol. The highest BCUT2D eigenvalue weighted by Crippen LogP contribution is 2.30. The van der Waals surface area contributed by atoms with Gasteiger partial charge in [-0.2, -0.15) is 0 Å². The lowest BCUT2D eigenvalue weighted by molar-refractivity contribution is 0.0697. The maximum absolute atomic E-state index is 13.1. The number of aromatic carboxylic acids is 1. The Morgan fingerprint density at radius 2 is 1.65 bits per heavy atom. The number of carboxylic acids is 1. The fraction of sp³-hybridized carbons (Fsp3) is 0.152. The zero-order chi connectivity index (χ0) is 28.6. The molecule has 0 radical (unpaired) electrons. The second-order valence-electron chi connectivity index (χ2n) is 9.94. The molecule has 1 amide bonds. The molecule has 202 valence electrons. The van der Waals surface area contributed by atoms with Crippen LogP contribution < -0.4 is 5.32 Å². The summed E-state index contributed by atoms with van der Waals surface area (Å²) in [5.74, 6) is -1.12. The molecule has 0 saturated heterocycles. The molecule has 0 aliphatic rings. The lowest BCUT2D eigenvalue weighted by Crippen LogP contribution is -2.26. The van der Waals surface area contributed by atoms with E-state index in [-0.39, 0.29) is 17.5 Å². The van der Waals surface area contributed by atoms with Gasteiger partial charge in [-0.05, 0) is 85.0 Å². The van der Waals surface area contributed by atoms with Crippen LogP contribution in [0.4, 0.5) is 0 Å². The number of nitrogens with zero attached hydrogens (tertiary/aromatic N) is 1. The Kier molecular flexibility index (Phi) is 7.70. The Morgan fingerprint density at radius 1 is 0.925 bits per heavy atom. The van der Waals surface area contributed by atoms with Gasteiger partial charge in [-0.25, -0.2) is 4.79 Å². The predicted octanol–water partition coefficient (Wildman–Crippen LogP) is 8.47. The van der Waals surface area contributed by atoms with Crippen LogP contribution in [0.1, 0.15) is 56.1 Å². The minimum absolute atomic E-state index is 0.178. The topological polar surface area (TPSA) is 71.3 Å². The fourth-order valence-corrected chi connectivity index (χ4v) is 5.67. The second-order valence-corrected chi connectivity index (χ2v) is 10.8. The third-order valence-corrected chi connectivity index (χ3v) is 8.00. The van der Waals surface area contributed by atoms with Crippen LogP contribution in [0.3, 0.4) is 0 Å². The van der Waals surface area contributed by atoms with Crippen LogP contribution in [-0.4, -0.2) is 21.6 Å². The number of benzene rings is 4. The smallest absolute Gasteiger partial charge is 0.336 e. The molecule has 0 saturated carbocycles. The normalized spacial score (nSPS) is 11.9. The van der Waals surface area contributed by atoms with Crippen LogP contribution >= 0.6 is 23.2 Å². The van der Waals surface area contributed by atoms with Gasteiger partial charge in [-0.3, -0.25) is 4.79 Å². The van der Waals surface area contributed by atoms with Crippen LogP contribution in [0.15, 0.2) is 84.9 Å². The van der Waals surface area contributed by atoms with E-state index in [0.717, 1.165) is 38.9 Å². The lowest BCUT2D eigenvalue weighted by atomic mass is 9.99. The number of amides is 1. The molecule has 0 unspecified atom stereocenters. The van der Waals surface area contributed by atoms with Crippen molar-refractivity contribution in [3.8, 4) is 11.1 Å². The predicted molar refractivity (Wildman–Crippen MR) is 162 cm³/mol. The Morgan fingerprint density at radius 3 is 2.35 bits per heavy atom. The highest BCUT2D eigenvalue weighted by atomic mass is 35.5. The van der Waals surface area contributed by atoms with Crippen LogP contribution in [-0.2, 0) is 6.54 Å². The van der Waals surface area contributed by atoms with Crippen LogP contribution in [0.25, 0.3) is 22.0 Å². The number of nitrogens with one attached hydrogen (secondary N) is 1. The summed E-state index contributed by atoms with van der Waals surface area (Å²) in [4.78, 5) is 24.8. The van der Waals surface area contributed by atoms with Gasteiger partial charge in [-0.15, -0.1) is 0 Å². The van der Waals surface area contributed by atoms with Gasteiger partial charge in [0, 0.05) is 38.8 Å². The van der Waals surface area contributed by atoms with E-state index in [2.05, 4.69) is 23.7 Å². The van der Waals surface area contributed by atoms with Crippen molar-refractivity contribution in [3.63, 3.8) is 0 Å². The largest absolute Gasteiger partial charge is 0.478 e. The molecular formula is C33H28Cl2N2O3. The standard InChI is InChI=1S/C33H28Cl2N2O3/c1-19-21(3)37(18-22-8-10-23(11-9-22)27-6-4-5-7-28(27)33(39)40)31-15-12-24(16-29(19)31)32(38)36-20(2)26-14-13-25(34)17-30(26)35/h4-17,20H,18H2,1-3H3,(H,36,38)(H,39,40)/t20-/m0/s1. The Bertz CT molecular complexity index is 1760. The minimum Gasteiger partial charge on any atom is -0.478 e. The number of hydrogen-bond acceptors (Lipinski definition) is 2. The summed E-state index contributed by atoms with van der Waals surface area (Å²) in [5, 5.41) is 14.7. The molecule has 5 rings (SSSR count). The van der Waals surface area contributed by atoms with Gasteiger partial charge >= 0.3 is 5.97 Å². The van der Waals surface area contributed by atoms with Crippen molar-refractivity contribution in [3.05, 3.63) is 128 Å². The van der Waals surface area contributed by atoms with Crippen molar-refractivity contribution in [2.75, 3.05) is 0 Å². The Labute approximate surface area is 243 Å². The number of carboxylic acid groups (broad SMARTS) is 1. The molecule has 40 heavy (non-hydrogen) atoms. The molecule has 1 aromatic heterocycles. The number of hydrogen-bond donors (Lipinski definition) is 2. The van der Waals surface area contributed by atoms with E-state index in [4.69, 9.17) is 23.2 Å². The highest BCUT2D eigenvalue weighted by Gasteiger charge is 2.18. The minimum atomic E-state index is -0.944. The summed E-state index contributed by atoms with van der Waals surface area (Å²) in [6.07, 6.45) is 0. The maximum Gasteiger partial charge on any atom is 0.336 e. The molecule has 5 nitrogen and oxygen atoms in total. The number of halogens is 2. The van der Waals surface area contributed by atoms with E-state index in [1.807, 2.05) is 67.6 Å². The quantitative estimate of drug-likeness (QED) is 0.206. The summed E-state index contributed by atoms with van der Waals surface area (Å²) < 4.78 is 2.24. The number of fused-ring (bicyclic) bond motifs is 1. The SMILES string of the molecule is Cc1c(C)n(Cc2ccc(-c3ccccc3C(=O)O)cc2)c2ccc(C(=O)N[C@@H](C)c3ccc(Cl)cc3Cl)cc12. The van der Waals surface area contributed by atoms with Gasteiger partial charge < -0.3 is 15.0 Å². The molecule has 0 fully saturated rings. The zero-order valence-electron chi connectivity index (χ0n) is 22.3. The zero-order valence-corrected chi connectivity index (χ0v) is 23.8. The van der Waals surface area contributed by atoms with Gasteiger partial charge in [0.25, 0.3) is 5.91 Å². The molecule has 2 N–H and O–H groups in total.